The molecular formula is C15H21NO3. The third kappa shape index (κ3) is 2.78. The van der Waals surface area contributed by atoms with E-state index in [4.69, 9.17) is 9.47 Å². The van der Waals surface area contributed by atoms with E-state index in [2.05, 4.69) is 5.32 Å². The standard InChI is InChI=1S/C15H21NO3/c17-13-2-3-14-15(19-9-1-8-18-14)12(13)10-11-4-6-16-7-5-11/h2-3,11,16-17H,1,4-10H2. The highest BCUT2D eigenvalue weighted by molar-refractivity contribution is 5.53. The van der Waals surface area contributed by atoms with E-state index in [0.717, 1.165) is 55.8 Å². The van der Waals surface area contributed by atoms with Crippen molar-refractivity contribution in [1.29, 1.82) is 0 Å². The maximum Gasteiger partial charge on any atom is 0.168 e. The molecule has 1 aromatic carbocycles. The van der Waals surface area contributed by atoms with E-state index >= 15 is 0 Å². The molecule has 0 aliphatic carbocycles. The number of ether oxygens (including phenoxy) is 2. The molecule has 4 heteroatoms. The number of hydrogen-bond donors (Lipinski definition) is 2. The Labute approximate surface area is 113 Å². The van der Waals surface area contributed by atoms with Crippen LogP contribution in [0.5, 0.6) is 17.2 Å². The fourth-order valence-corrected chi connectivity index (χ4v) is 2.85. The normalized spacial score (nSPS) is 20.0. The third-order valence-corrected chi connectivity index (χ3v) is 3.94. The van der Waals surface area contributed by atoms with Crippen LogP contribution in [-0.2, 0) is 6.42 Å². The summed E-state index contributed by atoms with van der Waals surface area (Å²) in [4.78, 5) is 0. The second-order valence-electron chi connectivity index (χ2n) is 5.34. The monoisotopic (exact) mass is 263 g/mol. The number of phenolic OH excluding ortho intramolecular Hbond substituents is 1. The van der Waals surface area contributed by atoms with Crippen LogP contribution in [0.2, 0.25) is 0 Å². The van der Waals surface area contributed by atoms with Crippen molar-refractivity contribution in [2.75, 3.05) is 26.3 Å². The molecule has 2 aliphatic heterocycles. The van der Waals surface area contributed by atoms with Crippen molar-refractivity contribution < 1.29 is 14.6 Å². The van der Waals surface area contributed by atoms with E-state index in [0.29, 0.717) is 24.9 Å². The van der Waals surface area contributed by atoms with Crippen molar-refractivity contribution in [2.45, 2.75) is 25.7 Å². The number of hydrogen-bond acceptors (Lipinski definition) is 4. The van der Waals surface area contributed by atoms with E-state index < -0.39 is 0 Å². The molecule has 2 heterocycles. The van der Waals surface area contributed by atoms with Gasteiger partial charge in [-0.05, 0) is 50.4 Å². The molecular weight excluding hydrogens is 242 g/mol. The van der Waals surface area contributed by atoms with Gasteiger partial charge in [-0.15, -0.1) is 0 Å². The number of fused-ring (bicyclic) bond motifs is 1. The van der Waals surface area contributed by atoms with E-state index in [-0.39, 0.29) is 0 Å². The van der Waals surface area contributed by atoms with Crippen LogP contribution in [0.4, 0.5) is 0 Å². The van der Waals surface area contributed by atoms with Gasteiger partial charge < -0.3 is 19.9 Å². The molecule has 104 valence electrons. The molecule has 19 heavy (non-hydrogen) atoms. The average Bonchev–Trinajstić information content (AvgIpc) is 2.69. The lowest BCUT2D eigenvalue weighted by Crippen LogP contribution is -2.28. The Morgan fingerprint density at radius 3 is 2.79 bits per heavy atom. The second-order valence-corrected chi connectivity index (χ2v) is 5.34. The number of phenols is 1. The first kappa shape index (κ1) is 12.6. The van der Waals surface area contributed by atoms with Crippen LogP contribution in [0.25, 0.3) is 0 Å². The fourth-order valence-electron chi connectivity index (χ4n) is 2.85. The van der Waals surface area contributed by atoms with Gasteiger partial charge in [0, 0.05) is 12.0 Å². The molecule has 0 saturated carbocycles. The minimum absolute atomic E-state index is 0.336. The number of aromatic hydroxyl groups is 1. The van der Waals surface area contributed by atoms with Gasteiger partial charge in [-0.25, -0.2) is 0 Å². The summed E-state index contributed by atoms with van der Waals surface area (Å²) in [5.74, 6) is 2.49. The molecule has 0 aromatic heterocycles. The van der Waals surface area contributed by atoms with Crippen molar-refractivity contribution in [3.05, 3.63) is 17.7 Å². The molecule has 0 unspecified atom stereocenters. The zero-order valence-electron chi connectivity index (χ0n) is 11.2. The van der Waals surface area contributed by atoms with E-state index in [1.807, 2.05) is 6.07 Å². The van der Waals surface area contributed by atoms with E-state index in [1.165, 1.54) is 0 Å². The summed E-state index contributed by atoms with van der Waals surface area (Å²) in [5.41, 5.74) is 0.923. The lowest BCUT2D eigenvalue weighted by atomic mass is 9.90. The van der Waals surface area contributed by atoms with Gasteiger partial charge in [0.25, 0.3) is 0 Å². The Morgan fingerprint density at radius 2 is 1.95 bits per heavy atom. The molecule has 0 atom stereocenters. The van der Waals surface area contributed by atoms with Gasteiger partial charge in [-0.1, -0.05) is 0 Å². The molecule has 2 N–H and O–H groups in total. The number of nitrogens with one attached hydrogen (secondary N) is 1. The van der Waals surface area contributed by atoms with Gasteiger partial charge in [0.05, 0.1) is 13.2 Å². The lowest BCUT2D eigenvalue weighted by molar-refractivity contribution is 0.294. The second kappa shape index (κ2) is 5.70. The summed E-state index contributed by atoms with van der Waals surface area (Å²) < 4.78 is 11.5. The van der Waals surface area contributed by atoms with Crippen LogP contribution >= 0.6 is 0 Å². The highest BCUT2D eigenvalue weighted by Gasteiger charge is 2.22. The smallest absolute Gasteiger partial charge is 0.168 e. The summed E-state index contributed by atoms with van der Waals surface area (Å²) in [5, 5.41) is 13.5. The molecule has 0 spiro atoms. The minimum Gasteiger partial charge on any atom is -0.508 e. The highest BCUT2D eigenvalue weighted by Crippen LogP contribution is 2.40. The van der Waals surface area contributed by atoms with Crippen molar-refractivity contribution in [1.82, 2.24) is 5.32 Å². The Hall–Kier alpha value is -1.42. The molecule has 4 nitrogen and oxygen atoms in total. The van der Waals surface area contributed by atoms with Crippen molar-refractivity contribution in [2.24, 2.45) is 5.92 Å². The van der Waals surface area contributed by atoms with Gasteiger partial charge >= 0.3 is 0 Å². The quantitative estimate of drug-likeness (QED) is 0.858. The Bertz CT molecular complexity index is 441. The zero-order valence-corrected chi connectivity index (χ0v) is 11.2. The molecule has 0 bridgehead atoms. The van der Waals surface area contributed by atoms with Crippen LogP contribution in [-0.4, -0.2) is 31.4 Å². The summed E-state index contributed by atoms with van der Waals surface area (Å²) >= 11 is 0. The molecule has 3 rings (SSSR count). The Morgan fingerprint density at radius 1 is 1.16 bits per heavy atom. The molecule has 2 aliphatic rings. The summed E-state index contributed by atoms with van der Waals surface area (Å²) in [6.07, 6.45) is 4.08. The van der Waals surface area contributed by atoms with Crippen LogP contribution in [0, 0.1) is 5.92 Å². The minimum atomic E-state index is 0.336. The first-order valence-electron chi connectivity index (χ1n) is 7.16. The fraction of sp³-hybridized carbons (Fsp3) is 0.600. The molecule has 1 aromatic rings. The SMILES string of the molecule is Oc1ccc2c(c1CC1CCNCC1)OCCCO2. The predicted molar refractivity (Wildman–Crippen MR) is 73.0 cm³/mol. The van der Waals surface area contributed by atoms with Crippen LogP contribution in [0.3, 0.4) is 0 Å². The lowest BCUT2D eigenvalue weighted by Gasteiger charge is -2.24. The first-order chi connectivity index (χ1) is 9.34. The Balaban J connectivity index is 1.86. The van der Waals surface area contributed by atoms with E-state index in [9.17, 15) is 5.11 Å². The molecule has 1 fully saturated rings. The van der Waals surface area contributed by atoms with Crippen LogP contribution < -0.4 is 14.8 Å². The number of piperidine rings is 1. The highest BCUT2D eigenvalue weighted by atomic mass is 16.5. The zero-order chi connectivity index (χ0) is 13.1. The topological polar surface area (TPSA) is 50.7 Å². The maximum absolute atomic E-state index is 10.1. The van der Waals surface area contributed by atoms with Gasteiger partial charge in [0.2, 0.25) is 0 Å². The van der Waals surface area contributed by atoms with Crippen molar-refractivity contribution in [3.63, 3.8) is 0 Å². The summed E-state index contributed by atoms with van der Waals surface area (Å²) in [6.45, 7) is 3.48. The van der Waals surface area contributed by atoms with Crippen LogP contribution in [0.15, 0.2) is 12.1 Å². The summed E-state index contributed by atoms with van der Waals surface area (Å²) in [6, 6.07) is 3.53. The van der Waals surface area contributed by atoms with Crippen LogP contribution in [0.1, 0.15) is 24.8 Å². The van der Waals surface area contributed by atoms with Gasteiger partial charge in [0.15, 0.2) is 11.5 Å². The molecule has 0 amide bonds. The Kier molecular flexibility index (Phi) is 3.78. The largest absolute Gasteiger partial charge is 0.508 e. The predicted octanol–water partition coefficient (Wildman–Crippen LogP) is 2.10. The van der Waals surface area contributed by atoms with Crippen molar-refractivity contribution >= 4 is 0 Å². The first-order valence-corrected chi connectivity index (χ1v) is 7.16. The van der Waals surface area contributed by atoms with Gasteiger partial charge in [0.1, 0.15) is 5.75 Å². The third-order valence-electron chi connectivity index (χ3n) is 3.94. The average molecular weight is 263 g/mol. The van der Waals surface area contributed by atoms with Gasteiger partial charge in [-0.2, -0.15) is 0 Å². The molecule has 1 saturated heterocycles. The maximum atomic E-state index is 10.1. The number of benzene rings is 1. The van der Waals surface area contributed by atoms with E-state index in [1.54, 1.807) is 6.07 Å². The molecule has 0 radical (unpaired) electrons. The number of rotatable bonds is 2. The van der Waals surface area contributed by atoms with Crippen molar-refractivity contribution in [3.8, 4) is 17.2 Å². The summed E-state index contributed by atoms with van der Waals surface area (Å²) in [7, 11) is 0. The van der Waals surface area contributed by atoms with Gasteiger partial charge in [-0.3, -0.25) is 0 Å².